The van der Waals surface area contributed by atoms with Crippen molar-refractivity contribution in [1.29, 1.82) is 5.26 Å². The Kier molecular flexibility index (Phi) is 7.20. The summed E-state index contributed by atoms with van der Waals surface area (Å²) in [7, 11) is 0. The lowest BCUT2D eigenvalue weighted by Gasteiger charge is -2.22. The number of hydrogen-bond acceptors (Lipinski definition) is 7. The third kappa shape index (κ3) is 4.66. The second-order valence-electron chi connectivity index (χ2n) is 6.30. The molecule has 0 spiro atoms. The van der Waals surface area contributed by atoms with Crippen molar-refractivity contribution in [3.8, 4) is 6.07 Å². The Morgan fingerprint density at radius 2 is 1.79 bits per heavy atom. The van der Waals surface area contributed by atoms with E-state index in [0.29, 0.717) is 24.2 Å². The van der Waals surface area contributed by atoms with Crippen LogP contribution in [0.1, 0.15) is 63.9 Å². The van der Waals surface area contributed by atoms with Gasteiger partial charge in [0.1, 0.15) is 6.61 Å². The second-order valence-corrected chi connectivity index (χ2v) is 6.30. The normalized spacial score (nSPS) is 17.6. The van der Waals surface area contributed by atoms with Gasteiger partial charge in [-0.1, -0.05) is 26.0 Å². The average Bonchev–Trinajstić information content (AvgIpc) is 2.71. The first-order valence-electron chi connectivity index (χ1n) is 9.18. The van der Waals surface area contributed by atoms with Crippen LogP contribution in [0, 0.1) is 21.4 Å². The Morgan fingerprint density at radius 3 is 2.28 bits per heavy atom. The molecule has 152 valence electrons. The van der Waals surface area contributed by atoms with Crippen LogP contribution in [-0.4, -0.2) is 39.6 Å². The van der Waals surface area contributed by atoms with Gasteiger partial charge in [0, 0.05) is 10.8 Å². The van der Waals surface area contributed by atoms with Gasteiger partial charge in [0.25, 0.3) is 0 Å². The summed E-state index contributed by atoms with van der Waals surface area (Å²) in [6.45, 7) is 3.42. The molecule has 1 aromatic heterocycles. The van der Waals surface area contributed by atoms with Gasteiger partial charge >= 0.3 is 11.9 Å². The fraction of sp³-hybridized carbons (Fsp3) is 0.400. The molecule has 1 heterocycles. The largest absolute Gasteiger partial charge is 0.478 e. The van der Waals surface area contributed by atoms with E-state index in [-0.39, 0.29) is 29.7 Å². The highest BCUT2D eigenvalue weighted by Crippen LogP contribution is 2.33. The molecule has 29 heavy (non-hydrogen) atoms. The molecule has 0 aromatic carbocycles. The number of rotatable bonds is 8. The van der Waals surface area contributed by atoms with E-state index in [2.05, 4.69) is 4.98 Å². The molecular weight excluding hydrogens is 378 g/mol. The van der Waals surface area contributed by atoms with Crippen molar-refractivity contribution in [1.82, 2.24) is 4.98 Å². The summed E-state index contributed by atoms with van der Waals surface area (Å²) >= 11 is 0. The number of esters is 1. The van der Waals surface area contributed by atoms with Crippen LogP contribution >= 0.6 is 0 Å². The topological polar surface area (TPSA) is 143 Å². The molecule has 0 amide bonds. The van der Waals surface area contributed by atoms with Gasteiger partial charge in [-0.05, 0) is 30.6 Å². The third-order valence-corrected chi connectivity index (χ3v) is 4.53. The minimum Gasteiger partial charge on any atom is -0.478 e. The molecule has 9 nitrogen and oxygen atoms in total. The van der Waals surface area contributed by atoms with E-state index in [1.54, 1.807) is 13.8 Å². The molecule has 1 N–H and O–H groups in total. The minimum atomic E-state index is -1.24. The van der Waals surface area contributed by atoms with Crippen molar-refractivity contribution in [2.24, 2.45) is 0 Å². The van der Waals surface area contributed by atoms with Crippen molar-refractivity contribution in [3.63, 3.8) is 0 Å². The van der Waals surface area contributed by atoms with E-state index < -0.39 is 28.8 Å². The van der Waals surface area contributed by atoms with Crippen molar-refractivity contribution in [2.45, 2.75) is 45.1 Å². The SMILES string of the molecule is CCc1nc(CC)c(C(=O)OCCC#N)c(C2C=CC([N+](=O)[O-])C=C2)c1C(=O)O. The number of carbonyl (C=O) groups is 2. The van der Waals surface area contributed by atoms with Crippen molar-refractivity contribution in [2.75, 3.05) is 6.61 Å². The molecule has 1 aromatic rings. The van der Waals surface area contributed by atoms with Crippen LogP contribution in [0.25, 0.3) is 0 Å². The van der Waals surface area contributed by atoms with Crippen LogP contribution in [0.15, 0.2) is 24.3 Å². The molecule has 9 heteroatoms. The number of aromatic nitrogens is 1. The Bertz CT molecular complexity index is 915. The summed E-state index contributed by atoms with van der Waals surface area (Å²) in [6, 6.07) is 0.861. The fourth-order valence-corrected chi connectivity index (χ4v) is 3.21. The summed E-state index contributed by atoms with van der Waals surface area (Å²) in [6.07, 6.45) is 6.45. The first kappa shape index (κ1) is 21.8. The lowest BCUT2D eigenvalue weighted by molar-refractivity contribution is -0.496. The first-order chi connectivity index (χ1) is 13.8. The fourth-order valence-electron chi connectivity index (χ4n) is 3.21. The second kappa shape index (κ2) is 9.59. The molecular formula is C20H21N3O6. The third-order valence-electron chi connectivity index (χ3n) is 4.53. The van der Waals surface area contributed by atoms with Crippen LogP contribution in [0.3, 0.4) is 0 Å². The van der Waals surface area contributed by atoms with Crippen LogP contribution < -0.4 is 0 Å². The number of aromatic carboxylic acids is 1. The van der Waals surface area contributed by atoms with Gasteiger partial charge in [0.05, 0.1) is 35.0 Å². The maximum atomic E-state index is 12.8. The van der Waals surface area contributed by atoms with Gasteiger partial charge in [-0.15, -0.1) is 0 Å². The van der Waals surface area contributed by atoms with Crippen LogP contribution in [0.5, 0.6) is 0 Å². The number of pyridine rings is 1. The predicted molar refractivity (Wildman–Crippen MR) is 102 cm³/mol. The molecule has 0 saturated carbocycles. The number of allylic oxidation sites excluding steroid dienone is 2. The van der Waals surface area contributed by atoms with Crippen molar-refractivity contribution < 1.29 is 24.4 Å². The van der Waals surface area contributed by atoms with Crippen molar-refractivity contribution >= 4 is 11.9 Å². The van der Waals surface area contributed by atoms with E-state index in [9.17, 15) is 24.8 Å². The molecule has 1 aliphatic carbocycles. The van der Waals surface area contributed by atoms with Crippen LogP contribution in [0.4, 0.5) is 0 Å². The van der Waals surface area contributed by atoms with Crippen LogP contribution in [0.2, 0.25) is 0 Å². The van der Waals surface area contributed by atoms with Gasteiger partial charge in [0.2, 0.25) is 6.04 Å². The molecule has 1 aliphatic rings. The highest BCUT2D eigenvalue weighted by molar-refractivity contribution is 5.99. The number of nitrogens with zero attached hydrogens (tertiary/aromatic N) is 3. The van der Waals surface area contributed by atoms with E-state index in [0.717, 1.165) is 0 Å². The molecule has 0 saturated heterocycles. The number of aryl methyl sites for hydroxylation is 2. The highest BCUT2D eigenvalue weighted by atomic mass is 16.6. The number of nitriles is 1. The molecule has 0 radical (unpaired) electrons. The maximum absolute atomic E-state index is 12.8. The Morgan fingerprint density at radius 1 is 1.21 bits per heavy atom. The summed E-state index contributed by atoms with van der Waals surface area (Å²) in [5.41, 5.74) is 0.866. The van der Waals surface area contributed by atoms with Crippen molar-refractivity contribution in [3.05, 3.63) is 62.5 Å². The monoisotopic (exact) mass is 399 g/mol. The van der Waals surface area contributed by atoms with Crippen LogP contribution in [-0.2, 0) is 17.6 Å². The molecule has 2 rings (SSSR count). The zero-order valence-corrected chi connectivity index (χ0v) is 16.1. The summed E-state index contributed by atoms with van der Waals surface area (Å²) < 4.78 is 5.16. The Hall–Kier alpha value is -3.54. The van der Waals surface area contributed by atoms with Gasteiger partial charge in [-0.3, -0.25) is 15.1 Å². The van der Waals surface area contributed by atoms with E-state index in [1.165, 1.54) is 24.3 Å². The molecule has 0 bridgehead atoms. The zero-order chi connectivity index (χ0) is 21.6. The van der Waals surface area contributed by atoms with Gasteiger partial charge in [-0.25, -0.2) is 9.59 Å². The quantitative estimate of drug-likeness (QED) is 0.231. The molecule has 0 fully saturated rings. The number of nitro groups is 1. The average molecular weight is 399 g/mol. The van der Waals surface area contributed by atoms with Gasteiger partial charge in [0.15, 0.2) is 0 Å². The van der Waals surface area contributed by atoms with E-state index in [1.807, 2.05) is 6.07 Å². The maximum Gasteiger partial charge on any atom is 0.340 e. The zero-order valence-electron chi connectivity index (χ0n) is 16.1. The number of carboxylic acids is 1. The number of hydrogen-bond donors (Lipinski definition) is 1. The van der Waals surface area contributed by atoms with Gasteiger partial charge < -0.3 is 9.84 Å². The number of carboxylic acid groups (broad SMARTS) is 1. The molecule has 0 unspecified atom stereocenters. The molecule has 0 atom stereocenters. The van der Waals surface area contributed by atoms with Gasteiger partial charge in [-0.2, -0.15) is 5.26 Å². The lowest BCUT2D eigenvalue weighted by Crippen LogP contribution is -2.23. The Labute approximate surface area is 167 Å². The summed E-state index contributed by atoms with van der Waals surface area (Å²) in [5, 5.41) is 29.5. The van der Waals surface area contributed by atoms with E-state index in [4.69, 9.17) is 10.00 Å². The summed E-state index contributed by atoms with van der Waals surface area (Å²) in [4.78, 5) is 39.7. The first-order valence-corrected chi connectivity index (χ1v) is 9.18. The number of ether oxygens (including phenoxy) is 1. The minimum absolute atomic E-state index is 0.00252. The Balaban J connectivity index is 2.70. The summed E-state index contributed by atoms with van der Waals surface area (Å²) in [5.74, 6) is -2.66. The smallest absolute Gasteiger partial charge is 0.340 e. The van der Waals surface area contributed by atoms with E-state index >= 15 is 0 Å². The lowest BCUT2D eigenvalue weighted by atomic mass is 9.84. The molecule has 0 aliphatic heterocycles. The number of carbonyl (C=O) groups excluding carboxylic acids is 1. The predicted octanol–water partition coefficient (Wildman–Crippen LogP) is 2.83. The standard InChI is InChI=1S/C20H21N3O6/c1-3-14-17(19(24)25)16(12-6-8-13(9-7-12)23(27)28)18(15(4-2)22-14)20(26)29-11-5-10-21/h6-9,12-13H,3-5,11H2,1-2H3,(H,24,25). The highest BCUT2D eigenvalue weighted by Gasteiger charge is 2.32.